The Kier molecular flexibility index (Phi) is 5.36. The minimum absolute atomic E-state index is 0.136. The van der Waals surface area contributed by atoms with Gasteiger partial charge in [0.1, 0.15) is 0 Å². The second kappa shape index (κ2) is 7.04. The third-order valence-electron chi connectivity index (χ3n) is 3.97. The van der Waals surface area contributed by atoms with Gasteiger partial charge >= 0.3 is 0 Å². The molecule has 1 aromatic carbocycles. The molecule has 5 nitrogen and oxygen atoms in total. The summed E-state index contributed by atoms with van der Waals surface area (Å²) < 4.78 is 22.3. The van der Waals surface area contributed by atoms with Crippen LogP contribution in [-0.2, 0) is 16.4 Å². The van der Waals surface area contributed by atoms with Crippen LogP contribution in [0.1, 0.15) is 37.7 Å². The lowest BCUT2D eigenvalue weighted by atomic mass is 9.88. The number of hydrogen-bond acceptors (Lipinski definition) is 3. The first-order valence-corrected chi connectivity index (χ1v) is 8.93. The minimum Gasteiger partial charge on any atom is -0.387 e. The molecule has 0 spiro atoms. The minimum atomic E-state index is -3.62. The van der Waals surface area contributed by atoms with Crippen LogP contribution >= 0.6 is 0 Å². The van der Waals surface area contributed by atoms with Gasteiger partial charge < -0.3 is 5.73 Å². The number of amidine groups is 1. The van der Waals surface area contributed by atoms with E-state index in [1.54, 1.807) is 12.1 Å². The van der Waals surface area contributed by atoms with Crippen molar-refractivity contribution in [1.82, 2.24) is 0 Å². The Morgan fingerprint density at radius 2 is 1.76 bits per heavy atom. The summed E-state index contributed by atoms with van der Waals surface area (Å²) in [5, 5.41) is 5.06. The third kappa shape index (κ3) is 4.82. The molecule has 6 heteroatoms. The second-order valence-electron chi connectivity index (χ2n) is 5.58. The van der Waals surface area contributed by atoms with Crippen molar-refractivity contribution >= 4 is 15.9 Å². The number of rotatable bonds is 5. The lowest BCUT2D eigenvalue weighted by Crippen LogP contribution is -2.26. The highest BCUT2D eigenvalue weighted by atomic mass is 32.2. The Balaban J connectivity index is 1.88. The molecule has 0 saturated heterocycles. The van der Waals surface area contributed by atoms with Crippen molar-refractivity contribution in [1.29, 1.82) is 0 Å². The van der Waals surface area contributed by atoms with Crippen LogP contribution in [0.3, 0.4) is 0 Å². The molecule has 2 rings (SSSR count). The fourth-order valence-corrected chi connectivity index (χ4v) is 3.20. The molecular weight excluding hydrogens is 286 g/mol. The van der Waals surface area contributed by atoms with E-state index in [0.717, 1.165) is 30.7 Å². The zero-order chi connectivity index (χ0) is 15.3. The van der Waals surface area contributed by atoms with Gasteiger partial charge in [0.15, 0.2) is 0 Å². The van der Waals surface area contributed by atoms with Crippen molar-refractivity contribution in [3.05, 3.63) is 29.8 Å². The average Bonchev–Trinajstić information content (AvgIpc) is 2.47. The highest BCUT2D eigenvalue weighted by Crippen LogP contribution is 2.23. The molecule has 0 aromatic heterocycles. The fraction of sp³-hybridized carbons (Fsp3) is 0.533. The molecule has 0 unspecified atom stereocenters. The molecule has 1 saturated carbocycles. The van der Waals surface area contributed by atoms with Gasteiger partial charge in [0.25, 0.3) is 0 Å². The fourth-order valence-electron chi connectivity index (χ4n) is 2.69. The highest BCUT2D eigenvalue weighted by Gasteiger charge is 2.16. The predicted octanol–water partition coefficient (Wildman–Crippen LogP) is 1.81. The van der Waals surface area contributed by atoms with E-state index in [-0.39, 0.29) is 4.90 Å². The van der Waals surface area contributed by atoms with Crippen molar-refractivity contribution in [2.45, 2.75) is 43.4 Å². The Labute approximate surface area is 126 Å². The lowest BCUT2D eigenvalue weighted by molar-refractivity contribution is 0.436. The molecule has 116 valence electrons. The van der Waals surface area contributed by atoms with Gasteiger partial charge in [-0.2, -0.15) is 0 Å². The van der Waals surface area contributed by atoms with Gasteiger partial charge in [-0.25, -0.2) is 13.6 Å². The molecule has 0 heterocycles. The number of sulfonamides is 1. The summed E-state index contributed by atoms with van der Waals surface area (Å²) in [6.45, 7) is 0.636. The molecule has 0 atom stereocenters. The summed E-state index contributed by atoms with van der Waals surface area (Å²) in [4.78, 5) is 4.60. The number of benzene rings is 1. The van der Waals surface area contributed by atoms with Gasteiger partial charge in [-0.3, -0.25) is 4.99 Å². The predicted molar refractivity (Wildman–Crippen MR) is 84.6 cm³/mol. The zero-order valence-electron chi connectivity index (χ0n) is 12.2. The summed E-state index contributed by atoms with van der Waals surface area (Å²) in [5.74, 6) is 1.22. The first kappa shape index (κ1) is 16.0. The largest absolute Gasteiger partial charge is 0.387 e. The summed E-state index contributed by atoms with van der Waals surface area (Å²) >= 11 is 0. The van der Waals surface area contributed by atoms with E-state index in [9.17, 15) is 8.42 Å². The standard InChI is InChI=1S/C15H23N3O2S/c16-15(13-4-2-1-3-5-13)18-11-10-12-6-8-14(9-7-12)21(17,19)20/h6-9,13H,1-5,10-11H2,(H2,16,18)(H2,17,19,20). The van der Waals surface area contributed by atoms with Crippen LogP contribution in [-0.4, -0.2) is 20.8 Å². The van der Waals surface area contributed by atoms with Crippen LogP contribution in [0.5, 0.6) is 0 Å². The van der Waals surface area contributed by atoms with Gasteiger partial charge in [-0.05, 0) is 37.0 Å². The van der Waals surface area contributed by atoms with Crippen molar-refractivity contribution in [2.75, 3.05) is 6.54 Å². The van der Waals surface area contributed by atoms with Crippen LogP contribution in [0.25, 0.3) is 0 Å². The van der Waals surface area contributed by atoms with E-state index in [0.29, 0.717) is 12.5 Å². The number of nitrogens with zero attached hydrogens (tertiary/aromatic N) is 1. The van der Waals surface area contributed by atoms with Gasteiger partial charge in [-0.15, -0.1) is 0 Å². The quantitative estimate of drug-likeness (QED) is 0.641. The molecule has 1 fully saturated rings. The highest BCUT2D eigenvalue weighted by molar-refractivity contribution is 7.89. The molecule has 1 aliphatic rings. The number of nitrogens with two attached hydrogens (primary N) is 2. The summed E-state index contributed by atoms with van der Waals surface area (Å²) in [5.41, 5.74) is 7.08. The molecule has 1 aliphatic carbocycles. The molecule has 1 aromatic rings. The number of hydrogen-bond donors (Lipinski definition) is 2. The molecule has 0 aliphatic heterocycles. The van der Waals surface area contributed by atoms with Crippen LogP contribution in [0, 0.1) is 5.92 Å². The van der Waals surface area contributed by atoms with E-state index in [1.807, 2.05) is 0 Å². The molecular formula is C15H23N3O2S. The lowest BCUT2D eigenvalue weighted by Gasteiger charge is -2.20. The zero-order valence-corrected chi connectivity index (χ0v) is 13.0. The summed E-state index contributed by atoms with van der Waals surface area (Å²) in [6.07, 6.45) is 6.85. The maximum atomic E-state index is 11.2. The van der Waals surface area contributed by atoms with Crippen molar-refractivity contribution in [2.24, 2.45) is 21.8 Å². The Morgan fingerprint density at radius 1 is 1.14 bits per heavy atom. The van der Waals surface area contributed by atoms with E-state index in [1.165, 1.54) is 31.4 Å². The van der Waals surface area contributed by atoms with Crippen LogP contribution in [0.2, 0.25) is 0 Å². The maximum Gasteiger partial charge on any atom is 0.238 e. The Morgan fingerprint density at radius 3 is 2.33 bits per heavy atom. The number of aliphatic imine (C=N–C) groups is 1. The number of primary sulfonamides is 1. The van der Waals surface area contributed by atoms with E-state index in [4.69, 9.17) is 10.9 Å². The second-order valence-corrected chi connectivity index (χ2v) is 7.14. The summed E-state index contributed by atoms with van der Waals surface area (Å²) in [6, 6.07) is 6.59. The van der Waals surface area contributed by atoms with E-state index < -0.39 is 10.0 Å². The third-order valence-corrected chi connectivity index (χ3v) is 4.90. The Bertz CT molecular complexity index is 588. The molecule has 0 bridgehead atoms. The van der Waals surface area contributed by atoms with Crippen LogP contribution in [0.4, 0.5) is 0 Å². The molecule has 4 N–H and O–H groups in total. The van der Waals surface area contributed by atoms with Gasteiger partial charge in [0, 0.05) is 12.5 Å². The van der Waals surface area contributed by atoms with Crippen molar-refractivity contribution in [3.63, 3.8) is 0 Å². The molecule has 0 radical (unpaired) electrons. The van der Waals surface area contributed by atoms with Crippen molar-refractivity contribution < 1.29 is 8.42 Å². The van der Waals surface area contributed by atoms with Gasteiger partial charge in [-0.1, -0.05) is 31.4 Å². The van der Waals surface area contributed by atoms with Crippen molar-refractivity contribution in [3.8, 4) is 0 Å². The van der Waals surface area contributed by atoms with E-state index in [2.05, 4.69) is 4.99 Å². The topological polar surface area (TPSA) is 98.5 Å². The van der Waals surface area contributed by atoms with Gasteiger partial charge in [0.05, 0.1) is 10.7 Å². The van der Waals surface area contributed by atoms with Crippen LogP contribution in [0.15, 0.2) is 34.2 Å². The first-order valence-electron chi connectivity index (χ1n) is 7.38. The van der Waals surface area contributed by atoms with Gasteiger partial charge in [0.2, 0.25) is 10.0 Å². The molecule has 0 amide bonds. The first-order chi connectivity index (χ1) is 9.97. The summed E-state index contributed by atoms with van der Waals surface area (Å²) in [7, 11) is -3.62. The smallest absolute Gasteiger partial charge is 0.238 e. The normalized spacial score (nSPS) is 17.9. The van der Waals surface area contributed by atoms with E-state index >= 15 is 0 Å². The molecule has 21 heavy (non-hydrogen) atoms. The SMILES string of the molecule is NC(=NCCc1ccc(S(N)(=O)=O)cc1)C1CCCCC1. The maximum absolute atomic E-state index is 11.2. The monoisotopic (exact) mass is 309 g/mol. The average molecular weight is 309 g/mol. The Hall–Kier alpha value is -1.40. The van der Waals surface area contributed by atoms with Crippen LogP contribution < -0.4 is 10.9 Å².